The number of rotatable bonds is 17. The highest BCUT2D eigenvalue weighted by Gasteiger charge is 2.44. The van der Waals surface area contributed by atoms with Crippen molar-refractivity contribution in [3.05, 3.63) is 12.2 Å². The number of nitrogens with one attached hydrogen (secondary N) is 5. The Hall–Kier alpha value is -6.17. The number of aliphatic hydroxyl groups is 2. The van der Waals surface area contributed by atoms with Gasteiger partial charge in [0.2, 0.25) is 53.2 Å². The molecule has 0 aromatic rings. The van der Waals surface area contributed by atoms with Crippen LogP contribution in [0.1, 0.15) is 163 Å². The van der Waals surface area contributed by atoms with Gasteiger partial charge >= 0.3 is 5.97 Å². The third-order valence-corrected chi connectivity index (χ3v) is 15.6. The Labute approximate surface area is 519 Å². The Balaban J connectivity index is 4.35. The second kappa shape index (κ2) is 36.3. The quantitative estimate of drug-likeness (QED) is 0.0814. The maximum atomic E-state index is 14.9. The number of cyclic esters (lactones) is 1. The van der Waals surface area contributed by atoms with E-state index in [0.717, 1.165) is 14.7 Å². The molecule has 10 amide bonds. The summed E-state index contributed by atoms with van der Waals surface area (Å²) in [4.78, 5) is 165. The highest BCUT2D eigenvalue weighted by Crippen LogP contribution is 2.23. The van der Waals surface area contributed by atoms with E-state index in [-0.39, 0.29) is 68.1 Å². The second-order valence-electron chi connectivity index (χ2n) is 26.9. The summed E-state index contributed by atoms with van der Waals surface area (Å²) >= 11 is 0. The molecule has 13 atom stereocenters. The van der Waals surface area contributed by atoms with E-state index in [1.54, 1.807) is 53.7 Å². The van der Waals surface area contributed by atoms with Gasteiger partial charge in [-0.25, -0.2) is 4.79 Å². The SMILES string of the molecule is C/C=C/C[C@H](C)[C@H](O)[C@@H]1NC(=O)[C@H](C(C)C)N(C)C(=O)[C@H](CC(C)C)NC(=O)[C@H](CC(C)C)N(C)C(=O)[C@H](C(C)C)OC(=O)[C@H](C)NC(=O)[C@H](CC(C)C)N(C)C(=O)[C@H](CC(C)C)NC(=O)[C@H](CC(C)C)N(C)C(=O)CN(C)C(=O)[C@H]([C@@H](C)O)NC1=O. The predicted octanol–water partition coefficient (Wildman–Crippen LogP) is 3.01. The summed E-state index contributed by atoms with van der Waals surface area (Å²) in [5.74, 6) is -11.7. The molecule has 0 bridgehead atoms. The Morgan fingerprint density at radius 3 is 1.29 bits per heavy atom. The van der Waals surface area contributed by atoms with Crippen LogP contribution < -0.4 is 26.6 Å². The summed E-state index contributed by atoms with van der Waals surface area (Å²) in [6, 6.07) is -12.3. The summed E-state index contributed by atoms with van der Waals surface area (Å²) in [5, 5.41) is 36.5. The van der Waals surface area contributed by atoms with E-state index in [9.17, 15) is 63.0 Å². The number of amides is 10. The van der Waals surface area contributed by atoms with Crippen molar-refractivity contribution in [3.63, 3.8) is 0 Å². The van der Waals surface area contributed by atoms with E-state index in [1.807, 2.05) is 69.2 Å². The second-order valence-corrected chi connectivity index (χ2v) is 26.9. The van der Waals surface area contributed by atoms with Gasteiger partial charge in [0.15, 0.2) is 6.10 Å². The van der Waals surface area contributed by atoms with E-state index in [4.69, 9.17) is 4.74 Å². The molecule has 0 aromatic heterocycles. The van der Waals surface area contributed by atoms with Crippen molar-refractivity contribution >= 4 is 65.0 Å². The molecule has 0 saturated carbocycles. The number of aliphatic hydroxyl groups excluding tert-OH is 2. The molecule has 7 N–H and O–H groups in total. The molecular formula is C63H112N10O14. The number of ether oxygens (including phenoxy) is 1. The first-order valence-electron chi connectivity index (χ1n) is 31.1. The lowest BCUT2D eigenvalue weighted by molar-refractivity contribution is -0.166. The molecule has 0 aromatic carbocycles. The maximum absolute atomic E-state index is 14.9. The van der Waals surface area contributed by atoms with Crippen LogP contribution >= 0.6 is 0 Å². The number of esters is 1. The van der Waals surface area contributed by atoms with Gasteiger partial charge in [0.25, 0.3) is 5.91 Å². The monoisotopic (exact) mass is 1230 g/mol. The molecule has 498 valence electrons. The molecule has 87 heavy (non-hydrogen) atoms. The first-order chi connectivity index (χ1) is 40.1. The Morgan fingerprint density at radius 1 is 0.483 bits per heavy atom. The lowest BCUT2D eigenvalue weighted by Crippen LogP contribution is -2.64. The molecule has 1 rings (SSSR count). The van der Waals surface area contributed by atoms with Crippen LogP contribution in [0.25, 0.3) is 0 Å². The number of nitrogens with zero attached hydrogens (tertiary/aromatic N) is 5. The molecule has 1 saturated heterocycles. The lowest BCUT2D eigenvalue weighted by Gasteiger charge is -2.37. The highest BCUT2D eigenvalue weighted by atomic mass is 16.6. The maximum Gasteiger partial charge on any atom is 0.329 e. The van der Waals surface area contributed by atoms with Crippen molar-refractivity contribution in [1.82, 2.24) is 51.1 Å². The molecule has 1 aliphatic heterocycles. The van der Waals surface area contributed by atoms with Gasteiger partial charge in [0, 0.05) is 35.2 Å². The zero-order chi connectivity index (χ0) is 67.4. The number of allylic oxidation sites excluding steroid dienone is 2. The Morgan fingerprint density at radius 2 is 0.885 bits per heavy atom. The van der Waals surface area contributed by atoms with Crippen molar-refractivity contribution in [3.8, 4) is 0 Å². The van der Waals surface area contributed by atoms with E-state index in [2.05, 4.69) is 26.6 Å². The zero-order valence-corrected chi connectivity index (χ0v) is 56.7. The molecular weight excluding hydrogens is 1120 g/mol. The van der Waals surface area contributed by atoms with Crippen LogP contribution in [0, 0.1) is 47.3 Å². The fraction of sp³-hybridized carbons (Fsp3) is 0.794. The molecule has 1 fully saturated rings. The molecule has 0 unspecified atom stereocenters. The van der Waals surface area contributed by atoms with Crippen LogP contribution in [-0.2, 0) is 57.5 Å². The van der Waals surface area contributed by atoms with Crippen LogP contribution in [0.5, 0.6) is 0 Å². The predicted molar refractivity (Wildman–Crippen MR) is 332 cm³/mol. The van der Waals surface area contributed by atoms with Crippen LogP contribution in [0.3, 0.4) is 0 Å². The van der Waals surface area contributed by atoms with E-state index < -0.39 is 162 Å². The minimum atomic E-state index is -1.79. The summed E-state index contributed by atoms with van der Waals surface area (Å²) in [6.07, 6.45) is -0.416. The number of hydrogen-bond donors (Lipinski definition) is 7. The van der Waals surface area contributed by atoms with E-state index in [0.29, 0.717) is 0 Å². The molecule has 0 radical (unpaired) electrons. The van der Waals surface area contributed by atoms with Gasteiger partial charge in [-0.3, -0.25) is 47.9 Å². The summed E-state index contributed by atoms with van der Waals surface area (Å²) in [5.41, 5.74) is 0. The summed E-state index contributed by atoms with van der Waals surface area (Å²) < 4.78 is 5.88. The molecule has 24 heteroatoms. The smallest absolute Gasteiger partial charge is 0.329 e. The zero-order valence-electron chi connectivity index (χ0n) is 56.7. The summed E-state index contributed by atoms with van der Waals surface area (Å²) in [7, 11) is 6.80. The first-order valence-corrected chi connectivity index (χ1v) is 31.1. The van der Waals surface area contributed by atoms with Gasteiger partial charge in [-0.2, -0.15) is 0 Å². The summed E-state index contributed by atoms with van der Waals surface area (Å²) in [6.45, 7) is 30.3. The van der Waals surface area contributed by atoms with Gasteiger partial charge in [-0.15, -0.1) is 0 Å². The largest absolute Gasteiger partial charge is 0.450 e. The average molecular weight is 1230 g/mol. The van der Waals surface area contributed by atoms with Gasteiger partial charge in [-0.1, -0.05) is 116 Å². The molecule has 1 aliphatic rings. The number of carbonyl (C=O) groups excluding carboxylic acids is 11. The minimum absolute atomic E-state index is 0.0780. The fourth-order valence-corrected chi connectivity index (χ4v) is 10.5. The van der Waals surface area contributed by atoms with Crippen molar-refractivity contribution in [2.45, 2.75) is 236 Å². The van der Waals surface area contributed by atoms with Gasteiger partial charge < -0.3 is 66.0 Å². The van der Waals surface area contributed by atoms with Gasteiger partial charge in [-0.05, 0) is 107 Å². The van der Waals surface area contributed by atoms with Crippen molar-refractivity contribution in [1.29, 1.82) is 0 Å². The lowest BCUT2D eigenvalue weighted by atomic mass is 9.92. The van der Waals surface area contributed by atoms with Crippen molar-refractivity contribution in [2.24, 2.45) is 47.3 Å². The Kier molecular flexibility index (Phi) is 32.9. The van der Waals surface area contributed by atoms with Crippen LogP contribution in [0.15, 0.2) is 12.2 Å². The topological polar surface area (TPSA) is 314 Å². The van der Waals surface area contributed by atoms with Crippen LogP contribution in [-0.4, -0.2) is 214 Å². The highest BCUT2D eigenvalue weighted by molar-refractivity contribution is 5.99. The van der Waals surface area contributed by atoms with Crippen molar-refractivity contribution < 1.29 is 67.7 Å². The third kappa shape index (κ3) is 24.0. The van der Waals surface area contributed by atoms with Crippen LogP contribution in [0.4, 0.5) is 0 Å². The standard InChI is InChI=1S/C63H112N10O14/c1-24-25-26-40(16)52(76)50-57(80)67-49(42(18)74)61(84)69(19)32-48(75)70(20)45(29-35(6)7)55(78)65-43(27-33(2)3)59(82)71(21)46(30-36(8)9)54(77)64-41(17)63(86)87-53(39(14)15)62(85)72(22)47(31-37(10)11)56(79)66-44(28-34(4)5)60(83)73(23)51(38(12)13)58(81)68-50/h24-25,33-47,49-53,74,76H,26-32H2,1-23H3,(H,64,77)(H,65,78)(H,66,79)(H,67,80)(H,68,81)/b25-24+/t40-,41-,42+,43-,44-,45-,46-,47-,49-,50-,51-,52-,53-/m0/s1. The van der Waals surface area contributed by atoms with E-state index in [1.165, 1.54) is 58.9 Å². The Bertz CT molecular complexity index is 2360. The molecule has 0 aliphatic carbocycles. The van der Waals surface area contributed by atoms with Crippen LogP contribution in [0.2, 0.25) is 0 Å². The molecule has 0 spiro atoms. The van der Waals surface area contributed by atoms with Gasteiger partial charge in [0.05, 0.1) is 18.8 Å². The van der Waals surface area contributed by atoms with E-state index >= 15 is 0 Å². The first kappa shape index (κ1) is 78.8. The minimum Gasteiger partial charge on any atom is -0.450 e. The number of likely N-dealkylation sites (N-methyl/N-ethyl adjacent to an activating group) is 5. The molecule has 24 nitrogen and oxygen atoms in total. The average Bonchev–Trinajstić information content (AvgIpc) is 1.68. The third-order valence-electron chi connectivity index (χ3n) is 15.6. The fourth-order valence-electron chi connectivity index (χ4n) is 10.5. The molecule has 1 heterocycles. The number of hydrogen-bond acceptors (Lipinski definition) is 14. The normalized spacial score (nSPS) is 26.8. The number of carbonyl (C=O) groups is 11. The van der Waals surface area contributed by atoms with Crippen molar-refractivity contribution in [2.75, 3.05) is 41.8 Å². The van der Waals surface area contributed by atoms with Gasteiger partial charge in [0.1, 0.15) is 54.4 Å².